The molecule has 0 heterocycles. The van der Waals surface area contributed by atoms with Crippen LogP contribution in [0.1, 0.15) is 44.4 Å². The summed E-state index contributed by atoms with van der Waals surface area (Å²) >= 11 is 0. The maximum atomic E-state index is 12.2. The first kappa shape index (κ1) is 21.8. The van der Waals surface area contributed by atoms with Gasteiger partial charge in [-0.2, -0.15) is 0 Å². The molecule has 0 aliphatic heterocycles. The standard InChI is InChI=1S/C21H28N2O2.ClH/c1-15(2)12-13-25-20-10-6-18(7-11-20)16(3)23-21(24)14-17-4-8-19(22)9-5-17;/h4-11,15-16H,12-14,22H2,1-3H3,(H,23,24);1H. The second-order valence-electron chi connectivity index (χ2n) is 6.81. The van der Waals surface area contributed by atoms with E-state index >= 15 is 0 Å². The zero-order valence-corrected chi connectivity index (χ0v) is 16.5. The van der Waals surface area contributed by atoms with Gasteiger partial charge >= 0.3 is 0 Å². The van der Waals surface area contributed by atoms with E-state index in [1.54, 1.807) is 0 Å². The van der Waals surface area contributed by atoms with E-state index in [0.29, 0.717) is 18.0 Å². The number of carbonyl (C=O) groups excluding carboxylic acids is 1. The fourth-order valence-electron chi connectivity index (χ4n) is 2.46. The monoisotopic (exact) mass is 376 g/mol. The predicted molar refractivity (Wildman–Crippen MR) is 110 cm³/mol. The molecular formula is C21H29ClN2O2. The Morgan fingerprint density at radius 3 is 2.23 bits per heavy atom. The molecule has 0 fully saturated rings. The predicted octanol–water partition coefficient (Wildman–Crippen LogP) is 4.54. The molecule has 4 nitrogen and oxygen atoms in total. The summed E-state index contributed by atoms with van der Waals surface area (Å²) in [6.07, 6.45) is 1.39. The minimum atomic E-state index is -0.0500. The van der Waals surface area contributed by atoms with Gasteiger partial charge in [0.05, 0.1) is 19.1 Å². The van der Waals surface area contributed by atoms with Crippen molar-refractivity contribution in [1.82, 2.24) is 5.32 Å². The van der Waals surface area contributed by atoms with Gasteiger partial charge < -0.3 is 15.8 Å². The molecule has 0 aliphatic rings. The number of hydrogen-bond donors (Lipinski definition) is 2. The third-order valence-corrected chi connectivity index (χ3v) is 4.07. The highest BCUT2D eigenvalue weighted by molar-refractivity contribution is 5.85. The molecule has 5 heteroatoms. The van der Waals surface area contributed by atoms with E-state index in [4.69, 9.17) is 10.5 Å². The molecular weight excluding hydrogens is 348 g/mol. The summed E-state index contributed by atoms with van der Waals surface area (Å²) in [7, 11) is 0. The van der Waals surface area contributed by atoms with Gasteiger partial charge in [-0.3, -0.25) is 4.79 Å². The van der Waals surface area contributed by atoms with Gasteiger partial charge in [0.15, 0.2) is 0 Å². The van der Waals surface area contributed by atoms with Crippen LogP contribution < -0.4 is 15.8 Å². The lowest BCUT2D eigenvalue weighted by Crippen LogP contribution is -2.28. The van der Waals surface area contributed by atoms with E-state index in [9.17, 15) is 4.79 Å². The van der Waals surface area contributed by atoms with Crippen LogP contribution in [0.2, 0.25) is 0 Å². The van der Waals surface area contributed by atoms with Crippen LogP contribution in [0.5, 0.6) is 5.75 Å². The van der Waals surface area contributed by atoms with Crippen LogP contribution in [0.4, 0.5) is 5.69 Å². The molecule has 0 spiro atoms. The summed E-state index contributed by atoms with van der Waals surface area (Å²) in [5.74, 6) is 1.50. The van der Waals surface area contributed by atoms with Gasteiger partial charge in [0.1, 0.15) is 5.75 Å². The Kier molecular flexibility index (Phi) is 9.00. The van der Waals surface area contributed by atoms with Crippen LogP contribution in [0.15, 0.2) is 48.5 Å². The lowest BCUT2D eigenvalue weighted by molar-refractivity contribution is -0.121. The van der Waals surface area contributed by atoms with Crippen molar-refractivity contribution in [1.29, 1.82) is 0 Å². The third kappa shape index (κ3) is 7.36. The van der Waals surface area contributed by atoms with Crippen molar-refractivity contribution in [3.63, 3.8) is 0 Å². The summed E-state index contributed by atoms with van der Waals surface area (Å²) in [5.41, 5.74) is 8.37. The van der Waals surface area contributed by atoms with Crippen LogP contribution in [0.3, 0.4) is 0 Å². The Balaban J connectivity index is 0.00000338. The van der Waals surface area contributed by atoms with Gasteiger partial charge in [0.2, 0.25) is 5.91 Å². The SMILES string of the molecule is CC(C)CCOc1ccc(C(C)NC(=O)Cc2ccc(N)cc2)cc1.Cl. The second kappa shape index (κ2) is 10.7. The van der Waals surface area contributed by atoms with Gasteiger partial charge in [0, 0.05) is 5.69 Å². The molecule has 0 bridgehead atoms. The van der Waals surface area contributed by atoms with Gasteiger partial charge in [-0.25, -0.2) is 0 Å². The van der Waals surface area contributed by atoms with Gasteiger partial charge in [-0.05, 0) is 54.7 Å². The summed E-state index contributed by atoms with van der Waals surface area (Å²) in [4.78, 5) is 12.2. The smallest absolute Gasteiger partial charge is 0.224 e. The van der Waals surface area contributed by atoms with Crippen molar-refractivity contribution in [3.05, 3.63) is 59.7 Å². The number of ether oxygens (including phenoxy) is 1. The van der Waals surface area contributed by atoms with Gasteiger partial charge in [0.25, 0.3) is 0 Å². The molecule has 0 aliphatic carbocycles. The third-order valence-electron chi connectivity index (χ3n) is 4.07. The number of nitrogens with one attached hydrogen (secondary N) is 1. The molecule has 2 aromatic carbocycles. The van der Waals surface area contributed by atoms with Gasteiger partial charge in [-0.15, -0.1) is 12.4 Å². The number of hydrogen-bond acceptors (Lipinski definition) is 3. The second-order valence-corrected chi connectivity index (χ2v) is 6.81. The Morgan fingerprint density at radius 2 is 1.65 bits per heavy atom. The Bertz CT molecular complexity index is 669. The quantitative estimate of drug-likeness (QED) is 0.665. The number of benzene rings is 2. The highest BCUT2D eigenvalue weighted by Crippen LogP contribution is 2.18. The molecule has 1 atom stereocenters. The van der Waals surface area contributed by atoms with Crippen LogP contribution >= 0.6 is 12.4 Å². The normalized spacial score (nSPS) is 11.5. The number of rotatable bonds is 8. The number of anilines is 1. The largest absolute Gasteiger partial charge is 0.494 e. The molecule has 3 N–H and O–H groups in total. The Morgan fingerprint density at radius 1 is 1.04 bits per heavy atom. The van der Waals surface area contributed by atoms with E-state index in [1.807, 2.05) is 55.5 Å². The lowest BCUT2D eigenvalue weighted by atomic mass is 10.1. The summed E-state index contributed by atoms with van der Waals surface area (Å²) in [6, 6.07) is 15.2. The summed E-state index contributed by atoms with van der Waals surface area (Å²) < 4.78 is 5.72. The van der Waals surface area contributed by atoms with Crippen molar-refractivity contribution < 1.29 is 9.53 Å². The average molecular weight is 377 g/mol. The first-order valence-electron chi connectivity index (χ1n) is 8.80. The topological polar surface area (TPSA) is 64.3 Å². The molecule has 2 aromatic rings. The summed E-state index contributed by atoms with van der Waals surface area (Å²) in [5, 5.41) is 3.03. The molecule has 2 rings (SSSR count). The molecule has 1 amide bonds. The summed E-state index contributed by atoms with van der Waals surface area (Å²) in [6.45, 7) is 7.07. The van der Waals surface area contributed by atoms with E-state index in [-0.39, 0.29) is 24.4 Å². The van der Waals surface area contributed by atoms with Crippen molar-refractivity contribution in [3.8, 4) is 5.75 Å². The highest BCUT2D eigenvalue weighted by Gasteiger charge is 2.10. The van der Waals surface area contributed by atoms with Gasteiger partial charge in [-0.1, -0.05) is 38.1 Å². The van der Waals surface area contributed by atoms with E-state index in [1.165, 1.54) is 0 Å². The fraction of sp³-hybridized carbons (Fsp3) is 0.381. The average Bonchev–Trinajstić information content (AvgIpc) is 2.57. The van der Waals surface area contributed by atoms with Crippen LogP contribution in [-0.4, -0.2) is 12.5 Å². The Labute approximate surface area is 162 Å². The van der Waals surface area contributed by atoms with Crippen molar-refractivity contribution >= 4 is 24.0 Å². The fourth-order valence-corrected chi connectivity index (χ4v) is 2.46. The first-order chi connectivity index (χ1) is 11.9. The van der Waals surface area contributed by atoms with Crippen molar-refractivity contribution in [2.45, 2.75) is 39.7 Å². The van der Waals surface area contributed by atoms with Crippen molar-refractivity contribution in [2.75, 3.05) is 12.3 Å². The number of nitrogens with two attached hydrogens (primary N) is 1. The maximum absolute atomic E-state index is 12.2. The molecule has 0 radical (unpaired) electrons. The van der Waals surface area contributed by atoms with E-state index < -0.39 is 0 Å². The van der Waals surface area contributed by atoms with Crippen molar-refractivity contribution in [2.24, 2.45) is 5.92 Å². The zero-order valence-electron chi connectivity index (χ0n) is 15.7. The molecule has 26 heavy (non-hydrogen) atoms. The minimum Gasteiger partial charge on any atom is -0.494 e. The Hall–Kier alpha value is -2.20. The number of amides is 1. The molecule has 0 aromatic heterocycles. The molecule has 0 saturated carbocycles. The number of carbonyl (C=O) groups is 1. The molecule has 1 unspecified atom stereocenters. The van der Waals surface area contributed by atoms with E-state index in [0.717, 1.165) is 29.9 Å². The molecule has 0 saturated heterocycles. The number of halogens is 1. The van der Waals surface area contributed by atoms with Crippen LogP contribution in [0, 0.1) is 5.92 Å². The van der Waals surface area contributed by atoms with Crippen LogP contribution in [0.25, 0.3) is 0 Å². The maximum Gasteiger partial charge on any atom is 0.224 e. The van der Waals surface area contributed by atoms with E-state index in [2.05, 4.69) is 19.2 Å². The lowest BCUT2D eigenvalue weighted by Gasteiger charge is -2.15. The highest BCUT2D eigenvalue weighted by atomic mass is 35.5. The zero-order chi connectivity index (χ0) is 18.2. The molecule has 142 valence electrons. The van der Waals surface area contributed by atoms with Crippen LogP contribution in [-0.2, 0) is 11.2 Å². The number of nitrogen functional groups attached to an aromatic ring is 1. The first-order valence-corrected chi connectivity index (χ1v) is 8.80. The minimum absolute atomic E-state index is 0.